The number of fused-ring (bicyclic) bond motifs is 2. The SMILES string of the molecule is Cc1ccc(-c2[nH]c3[nH]c(=O)[nH]c(=O)c3c2[C@H]2C(=O)Nc3ccccc32)cc1. The van der Waals surface area contributed by atoms with Crippen molar-refractivity contribution < 1.29 is 4.79 Å². The van der Waals surface area contributed by atoms with Crippen LogP contribution in [0, 0.1) is 6.92 Å². The first kappa shape index (κ1) is 16.3. The molecule has 0 saturated carbocycles. The zero-order valence-corrected chi connectivity index (χ0v) is 14.9. The lowest BCUT2D eigenvalue weighted by Gasteiger charge is -2.11. The third kappa shape index (κ3) is 2.33. The molecule has 1 atom stereocenters. The quantitative estimate of drug-likeness (QED) is 0.434. The van der Waals surface area contributed by atoms with Crippen LogP contribution in [0.2, 0.25) is 0 Å². The van der Waals surface area contributed by atoms with Gasteiger partial charge in [0.1, 0.15) is 5.65 Å². The first-order valence-electron chi connectivity index (χ1n) is 8.88. The Hall–Kier alpha value is -3.87. The van der Waals surface area contributed by atoms with Crippen molar-refractivity contribution in [2.45, 2.75) is 12.8 Å². The molecule has 2 aromatic carbocycles. The lowest BCUT2D eigenvalue weighted by atomic mass is 9.89. The molecule has 4 aromatic rings. The number of nitrogens with one attached hydrogen (secondary N) is 4. The van der Waals surface area contributed by atoms with Gasteiger partial charge >= 0.3 is 5.69 Å². The van der Waals surface area contributed by atoms with Gasteiger partial charge in [-0.05, 0) is 24.1 Å². The van der Waals surface area contributed by atoms with Crippen molar-refractivity contribution in [1.29, 1.82) is 0 Å². The number of hydrogen-bond acceptors (Lipinski definition) is 3. The topological polar surface area (TPSA) is 111 Å². The average Bonchev–Trinajstić information content (AvgIpc) is 3.19. The normalized spacial score (nSPS) is 15.6. The minimum absolute atomic E-state index is 0.207. The maximum Gasteiger partial charge on any atom is 0.327 e. The van der Waals surface area contributed by atoms with Gasteiger partial charge in [0, 0.05) is 11.3 Å². The van der Waals surface area contributed by atoms with Gasteiger partial charge in [-0.2, -0.15) is 0 Å². The summed E-state index contributed by atoms with van der Waals surface area (Å²) in [6.45, 7) is 1.98. The van der Waals surface area contributed by atoms with Crippen LogP contribution in [-0.2, 0) is 4.79 Å². The predicted molar refractivity (Wildman–Crippen MR) is 107 cm³/mol. The van der Waals surface area contributed by atoms with Crippen LogP contribution in [-0.4, -0.2) is 20.9 Å². The molecular formula is C21H16N4O3. The maximum absolute atomic E-state index is 12.9. The third-order valence-electron chi connectivity index (χ3n) is 5.15. The second kappa shape index (κ2) is 5.82. The van der Waals surface area contributed by atoms with Gasteiger partial charge < -0.3 is 10.3 Å². The highest BCUT2D eigenvalue weighted by Gasteiger charge is 2.36. The molecule has 0 radical (unpaired) electrons. The summed E-state index contributed by atoms with van der Waals surface area (Å²) in [5.41, 5.74) is 3.81. The number of rotatable bonds is 2. The number of carbonyl (C=O) groups is 1. The second-order valence-corrected chi connectivity index (χ2v) is 6.95. The Morgan fingerprint density at radius 1 is 0.857 bits per heavy atom. The van der Waals surface area contributed by atoms with E-state index in [2.05, 4.69) is 20.3 Å². The maximum atomic E-state index is 12.9. The molecule has 1 amide bonds. The van der Waals surface area contributed by atoms with Crippen LogP contribution in [0.5, 0.6) is 0 Å². The Labute approximate surface area is 158 Å². The van der Waals surface area contributed by atoms with Gasteiger partial charge in [0.2, 0.25) is 5.91 Å². The molecule has 28 heavy (non-hydrogen) atoms. The van der Waals surface area contributed by atoms with E-state index >= 15 is 0 Å². The van der Waals surface area contributed by atoms with Gasteiger partial charge in [0.05, 0.1) is 17.0 Å². The van der Waals surface area contributed by atoms with Crippen molar-refractivity contribution >= 4 is 22.6 Å². The van der Waals surface area contributed by atoms with E-state index in [0.29, 0.717) is 16.9 Å². The number of aryl methyl sites for hydroxylation is 1. The summed E-state index contributed by atoms with van der Waals surface area (Å²) >= 11 is 0. The third-order valence-corrected chi connectivity index (χ3v) is 5.15. The molecule has 2 aromatic heterocycles. The molecular weight excluding hydrogens is 356 g/mol. The fourth-order valence-corrected chi connectivity index (χ4v) is 3.89. The lowest BCUT2D eigenvalue weighted by Crippen LogP contribution is -2.23. The molecule has 3 heterocycles. The average molecular weight is 372 g/mol. The summed E-state index contributed by atoms with van der Waals surface area (Å²) in [5.74, 6) is -0.866. The number of anilines is 1. The number of aromatic amines is 3. The number of amides is 1. The van der Waals surface area contributed by atoms with E-state index in [4.69, 9.17) is 0 Å². The summed E-state index contributed by atoms with van der Waals surface area (Å²) in [7, 11) is 0. The van der Waals surface area contributed by atoms with Crippen molar-refractivity contribution in [2.75, 3.05) is 5.32 Å². The van der Waals surface area contributed by atoms with Crippen molar-refractivity contribution in [3.8, 4) is 11.3 Å². The van der Waals surface area contributed by atoms with Gasteiger partial charge in [0.25, 0.3) is 5.56 Å². The summed E-state index contributed by atoms with van der Waals surface area (Å²) in [6, 6.07) is 15.2. The van der Waals surface area contributed by atoms with Gasteiger partial charge in [-0.1, -0.05) is 48.0 Å². The van der Waals surface area contributed by atoms with Crippen molar-refractivity contribution in [1.82, 2.24) is 15.0 Å². The molecule has 1 aliphatic heterocycles. The number of H-pyrrole nitrogens is 3. The summed E-state index contributed by atoms with van der Waals surface area (Å²) in [4.78, 5) is 45.4. The molecule has 0 saturated heterocycles. The largest absolute Gasteiger partial charge is 0.340 e. The highest BCUT2D eigenvalue weighted by Crippen LogP contribution is 2.43. The summed E-state index contributed by atoms with van der Waals surface area (Å²) < 4.78 is 0. The molecule has 5 rings (SSSR count). The Bertz CT molecular complexity index is 1360. The predicted octanol–water partition coefficient (Wildman–Crippen LogP) is 2.60. The van der Waals surface area contributed by atoms with Gasteiger partial charge in [-0.15, -0.1) is 0 Å². The smallest absolute Gasteiger partial charge is 0.327 e. The van der Waals surface area contributed by atoms with Crippen LogP contribution < -0.4 is 16.6 Å². The van der Waals surface area contributed by atoms with Gasteiger partial charge in [-0.25, -0.2) is 4.79 Å². The Morgan fingerprint density at radius 2 is 1.61 bits per heavy atom. The van der Waals surface area contributed by atoms with Crippen molar-refractivity contribution in [3.05, 3.63) is 86.1 Å². The molecule has 1 aliphatic rings. The number of para-hydroxylation sites is 1. The zero-order valence-electron chi connectivity index (χ0n) is 14.9. The van der Waals surface area contributed by atoms with Crippen LogP contribution in [0.1, 0.15) is 22.6 Å². The van der Waals surface area contributed by atoms with Crippen molar-refractivity contribution in [2.24, 2.45) is 0 Å². The molecule has 4 N–H and O–H groups in total. The highest BCUT2D eigenvalue weighted by molar-refractivity contribution is 6.08. The van der Waals surface area contributed by atoms with E-state index in [0.717, 1.165) is 22.4 Å². The first-order valence-corrected chi connectivity index (χ1v) is 8.88. The lowest BCUT2D eigenvalue weighted by molar-refractivity contribution is -0.116. The van der Waals surface area contributed by atoms with Crippen LogP contribution in [0.25, 0.3) is 22.3 Å². The Balaban J connectivity index is 1.88. The van der Waals surface area contributed by atoms with E-state index in [1.54, 1.807) is 0 Å². The zero-order chi connectivity index (χ0) is 19.4. The van der Waals surface area contributed by atoms with E-state index in [-0.39, 0.29) is 11.3 Å². The Morgan fingerprint density at radius 3 is 2.39 bits per heavy atom. The number of hydrogen-bond donors (Lipinski definition) is 4. The van der Waals surface area contributed by atoms with E-state index in [9.17, 15) is 14.4 Å². The van der Waals surface area contributed by atoms with Crippen LogP contribution in [0.3, 0.4) is 0 Å². The molecule has 7 nitrogen and oxygen atoms in total. The molecule has 0 unspecified atom stereocenters. The number of aromatic nitrogens is 3. The molecule has 7 heteroatoms. The minimum Gasteiger partial charge on any atom is -0.340 e. The fraction of sp³-hybridized carbons (Fsp3) is 0.0952. The van der Waals surface area contributed by atoms with Gasteiger partial charge in [0.15, 0.2) is 0 Å². The fourth-order valence-electron chi connectivity index (χ4n) is 3.89. The monoisotopic (exact) mass is 372 g/mol. The first-order chi connectivity index (χ1) is 13.5. The van der Waals surface area contributed by atoms with Crippen molar-refractivity contribution in [3.63, 3.8) is 0 Å². The molecule has 0 fully saturated rings. The minimum atomic E-state index is -0.659. The number of benzene rings is 2. The molecule has 138 valence electrons. The van der Waals surface area contributed by atoms with E-state index in [1.807, 2.05) is 55.5 Å². The molecule has 0 spiro atoms. The molecule has 0 aliphatic carbocycles. The van der Waals surface area contributed by atoms with Gasteiger partial charge in [-0.3, -0.25) is 19.6 Å². The summed E-state index contributed by atoms with van der Waals surface area (Å²) in [6.07, 6.45) is 0. The van der Waals surface area contributed by atoms with E-state index < -0.39 is 17.2 Å². The second-order valence-electron chi connectivity index (χ2n) is 6.95. The van der Waals surface area contributed by atoms with Crippen LogP contribution >= 0.6 is 0 Å². The molecule has 0 bridgehead atoms. The number of carbonyl (C=O) groups excluding carboxylic acids is 1. The van der Waals surface area contributed by atoms with Crippen LogP contribution in [0.4, 0.5) is 5.69 Å². The van der Waals surface area contributed by atoms with Crippen LogP contribution in [0.15, 0.2) is 58.1 Å². The summed E-state index contributed by atoms with van der Waals surface area (Å²) in [5, 5.41) is 3.17. The standard InChI is InChI=1S/C21H16N4O3/c1-10-6-8-11(9-7-10)17-15(16-18(23-17)24-21(28)25-20(16)27)14-12-4-2-3-5-13(12)22-19(14)26/h2-9,14H,1H3,(H,22,26)(H3,23,24,25,27,28)/t14-/m0/s1. The van der Waals surface area contributed by atoms with E-state index in [1.165, 1.54) is 0 Å². The highest BCUT2D eigenvalue weighted by atomic mass is 16.2. The Kier molecular flexibility index (Phi) is 3.39.